The molecule has 0 saturated heterocycles. The maximum atomic E-state index is 14.3. The van der Waals surface area contributed by atoms with E-state index >= 15 is 0 Å². The highest BCUT2D eigenvalue weighted by Gasteiger charge is 2.37. The summed E-state index contributed by atoms with van der Waals surface area (Å²) >= 11 is 4.15. The number of hydrogen-bond donors (Lipinski definition) is 18. The van der Waals surface area contributed by atoms with Crippen LogP contribution in [0.4, 0.5) is 0 Å². The van der Waals surface area contributed by atoms with Crippen LogP contribution < -0.4 is 81.8 Å². The molecule has 0 heterocycles. The number of benzene rings is 1. The van der Waals surface area contributed by atoms with Crippen molar-refractivity contribution in [2.75, 3.05) is 25.4 Å². The minimum absolute atomic E-state index is 0.0440. The molecule has 0 aliphatic rings. The van der Waals surface area contributed by atoms with Gasteiger partial charge >= 0.3 is 11.9 Å². The van der Waals surface area contributed by atoms with Crippen LogP contribution in [0.15, 0.2) is 24.3 Å². The monoisotopic (exact) mass is 1330 g/mol. The average molecular weight is 1330 g/mol. The summed E-state index contributed by atoms with van der Waals surface area (Å²) in [6, 6.07) is -7.21. The second-order valence-electron chi connectivity index (χ2n) is 25.0. The summed E-state index contributed by atoms with van der Waals surface area (Å²) in [7, 11) is 0. The van der Waals surface area contributed by atoms with E-state index in [1.54, 1.807) is 34.6 Å². The summed E-state index contributed by atoms with van der Waals surface area (Å²) in [6.45, 7) is 16.3. The first-order valence-corrected chi connectivity index (χ1v) is 32.0. The Labute approximate surface area is 549 Å². The Morgan fingerprint density at radius 1 is 0.495 bits per heavy atom. The molecule has 524 valence electrons. The summed E-state index contributed by atoms with van der Waals surface area (Å²) < 4.78 is 0. The molecular formula is C61H103N15O16S. The van der Waals surface area contributed by atoms with Gasteiger partial charge in [-0.25, -0.2) is 0 Å². The molecule has 1 rings (SSSR count). The molecule has 0 aliphatic carbocycles. The molecule has 93 heavy (non-hydrogen) atoms. The van der Waals surface area contributed by atoms with Crippen molar-refractivity contribution >= 4 is 95.5 Å². The Balaban J connectivity index is 3.40. The number of carbonyl (C=O) groups is 14. The fourth-order valence-electron chi connectivity index (χ4n) is 9.28. The van der Waals surface area contributed by atoms with E-state index in [9.17, 15) is 77.3 Å². The third kappa shape index (κ3) is 32.4. The van der Waals surface area contributed by atoms with E-state index in [0.29, 0.717) is 25.7 Å². The van der Waals surface area contributed by atoms with Gasteiger partial charge in [-0.3, -0.25) is 67.1 Å². The molecule has 0 fully saturated rings. The molecule has 1 aromatic carbocycles. The lowest BCUT2D eigenvalue weighted by Gasteiger charge is -2.28. The number of unbranched alkanes of at least 4 members (excludes halogenated alkanes) is 2. The number of carboxylic acids is 2. The molecular weight excluding hydrogens is 1230 g/mol. The topological polar surface area (TPSA) is 530 Å². The van der Waals surface area contributed by atoms with Gasteiger partial charge in [0.1, 0.15) is 54.4 Å². The van der Waals surface area contributed by atoms with Crippen LogP contribution in [0.5, 0.6) is 0 Å². The van der Waals surface area contributed by atoms with Crippen molar-refractivity contribution in [3.05, 3.63) is 35.4 Å². The van der Waals surface area contributed by atoms with Crippen molar-refractivity contribution in [1.82, 2.24) is 53.2 Å². The van der Waals surface area contributed by atoms with Crippen molar-refractivity contribution in [3.8, 4) is 0 Å². The number of rotatable bonds is 45. The van der Waals surface area contributed by atoms with E-state index in [1.807, 2.05) is 52.0 Å². The summed E-state index contributed by atoms with van der Waals surface area (Å²) in [4.78, 5) is 186. The number of nitrogens with two attached hydrogens (primary N) is 5. The maximum absolute atomic E-state index is 14.3. The van der Waals surface area contributed by atoms with Crippen LogP contribution in [0.25, 0.3) is 0 Å². The van der Waals surface area contributed by atoms with Crippen molar-refractivity contribution in [2.24, 2.45) is 46.4 Å². The van der Waals surface area contributed by atoms with E-state index in [2.05, 4.69) is 65.8 Å². The third-order valence-corrected chi connectivity index (χ3v) is 15.3. The number of carbonyl (C=O) groups excluding carboxylic acids is 12. The second-order valence-corrected chi connectivity index (χ2v) is 25.4. The van der Waals surface area contributed by atoms with Gasteiger partial charge in [-0.1, -0.05) is 93.0 Å². The number of nitrogens with one attached hydrogen (secondary N) is 10. The fourth-order valence-corrected chi connectivity index (χ4v) is 9.53. The van der Waals surface area contributed by atoms with E-state index in [-0.39, 0.29) is 74.8 Å². The quantitative estimate of drug-likeness (QED) is 0.0234. The lowest BCUT2D eigenvalue weighted by Crippen LogP contribution is -2.61. The zero-order chi connectivity index (χ0) is 70.9. The number of thiol groups is 1. The van der Waals surface area contributed by atoms with E-state index in [1.165, 1.54) is 0 Å². The number of aliphatic carboxylic acids is 2. The Bertz CT molecular complexity index is 2700. The Hall–Kier alpha value is -7.97. The van der Waals surface area contributed by atoms with Gasteiger partial charge in [0.2, 0.25) is 70.9 Å². The summed E-state index contributed by atoms with van der Waals surface area (Å²) in [5, 5.41) is 43.8. The van der Waals surface area contributed by atoms with Gasteiger partial charge in [0.25, 0.3) is 0 Å². The normalized spacial score (nSPS) is 14.9. The lowest BCUT2D eigenvalue weighted by atomic mass is 9.86. The lowest BCUT2D eigenvalue weighted by molar-refractivity contribution is -0.141. The van der Waals surface area contributed by atoms with Gasteiger partial charge in [0, 0.05) is 18.6 Å². The van der Waals surface area contributed by atoms with Gasteiger partial charge in [-0.05, 0) is 105 Å². The predicted octanol–water partition coefficient (Wildman–Crippen LogP) is -2.64. The molecule has 12 amide bonds. The second kappa shape index (κ2) is 42.3. The SMILES string of the molecule is CC[C@H](C)[C@H](N)C(=O)N[C@@H](CCCCN)C(=O)N[C@@H](CCC(=O)O)C(=O)N[C@@H](CC(N)=O)C(=O)N[C@@H](CC(C)C)C(=O)N[C@@H](CCCCN)C(=O)N[C@@H](CC(=O)O)C(=O)N[C@@H](CS)C(=O)NCC(=O)N[C@@H](CC(C)C)C(=O)N[C@@H](Cc1ccc(C(C)(C)C)cc1)C(N)=O. The third-order valence-electron chi connectivity index (χ3n) is 14.9. The smallest absolute Gasteiger partial charge is 0.305 e. The first-order valence-electron chi connectivity index (χ1n) is 31.4. The molecule has 0 aliphatic heterocycles. The van der Waals surface area contributed by atoms with Crippen LogP contribution in [0.2, 0.25) is 0 Å². The van der Waals surface area contributed by atoms with Crippen LogP contribution in [0, 0.1) is 17.8 Å². The largest absolute Gasteiger partial charge is 0.481 e. The van der Waals surface area contributed by atoms with E-state index < -0.39 is 181 Å². The van der Waals surface area contributed by atoms with Crippen LogP contribution >= 0.6 is 12.6 Å². The predicted molar refractivity (Wildman–Crippen MR) is 347 cm³/mol. The van der Waals surface area contributed by atoms with E-state index in [4.69, 9.17) is 28.7 Å². The van der Waals surface area contributed by atoms with E-state index in [0.717, 1.165) is 11.1 Å². The fraction of sp³-hybridized carbons (Fsp3) is 0.672. The maximum Gasteiger partial charge on any atom is 0.305 e. The Morgan fingerprint density at radius 3 is 1.30 bits per heavy atom. The molecule has 31 nitrogen and oxygen atoms in total. The van der Waals surface area contributed by atoms with Gasteiger partial charge in [-0.15, -0.1) is 0 Å². The molecule has 0 bridgehead atoms. The molecule has 1 aromatic rings. The first-order chi connectivity index (χ1) is 43.5. The minimum Gasteiger partial charge on any atom is -0.481 e. The molecule has 0 spiro atoms. The highest BCUT2D eigenvalue weighted by molar-refractivity contribution is 7.80. The van der Waals surface area contributed by atoms with Crippen molar-refractivity contribution in [3.63, 3.8) is 0 Å². The average Bonchev–Trinajstić information content (AvgIpc) is 1.31. The molecule has 32 heteroatoms. The summed E-state index contributed by atoms with van der Waals surface area (Å²) in [5.41, 5.74) is 30.3. The van der Waals surface area contributed by atoms with Crippen LogP contribution in [-0.2, 0) is 79.0 Å². The molecule has 0 radical (unpaired) electrons. The van der Waals surface area contributed by atoms with Crippen LogP contribution in [0.1, 0.15) is 157 Å². The van der Waals surface area contributed by atoms with Crippen molar-refractivity contribution < 1.29 is 77.3 Å². The van der Waals surface area contributed by atoms with Gasteiger partial charge in [0.05, 0.1) is 25.4 Å². The van der Waals surface area contributed by atoms with Crippen molar-refractivity contribution in [2.45, 2.75) is 218 Å². The zero-order valence-electron chi connectivity index (χ0n) is 55.0. The number of primary amides is 2. The van der Waals surface area contributed by atoms with Gasteiger partial charge in [-0.2, -0.15) is 12.6 Å². The molecule has 0 aromatic heterocycles. The molecule has 11 atom stereocenters. The zero-order valence-corrected chi connectivity index (χ0v) is 55.9. The summed E-state index contributed by atoms with van der Waals surface area (Å²) in [6.07, 6.45) is -1.39. The van der Waals surface area contributed by atoms with Gasteiger partial charge < -0.3 is 92.0 Å². The number of hydrogen-bond acceptors (Lipinski definition) is 18. The number of amides is 12. The molecule has 0 saturated carbocycles. The standard InChI is InChI=1S/C61H103N15O16S/c1-10-34(6)50(65)60(92)71-38(16-12-14-24-63)53(85)70-39(21-22-48(79)80)55(87)74-43(28-46(64)77)58(90)73-42(26-33(4)5)57(89)69-37(15-11-13-23-62)54(86)75-44(29-49(81)82)59(91)76-45(31-93)52(84)67-30-47(78)68-41(25-32(2)3)56(88)72-40(51(66)83)27-35-17-19-36(20-18-35)61(7,8)9/h17-20,32-34,37-45,50,93H,10-16,21-31,62-63,65H2,1-9H3,(H2,64,77)(H2,66,83)(H,67,84)(H,68,78)(H,69,89)(H,70,85)(H,71,92)(H,72,88)(H,73,90)(H,74,87)(H,75,86)(H,76,91)(H,79,80)(H,81,82)/t34-,37-,38-,39-,40-,41-,42-,43-,44-,45-,50-/m0/s1. The Kier molecular flexibility index (Phi) is 37.8. The summed E-state index contributed by atoms with van der Waals surface area (Å²) in [5.74, 6) is -15.8. The highest BCUT2D eigenvalue weighted by Crippen LogP contribution is 2.23. The van der Waals surface area contributed by atoms with Crippen molar-refractivity contribution in [1.29, 1.82) is 0 Å². The van der Waals surface area contributed by atoms with Gasteiger partial charge in [0.15, 0.2) is 0 Å². The molecule has 0 unspecified atom stereocenters. The number of carboxylic acid groups (broad SMARTS) is 2. The first kappa shape index (κ1) is 83.0. The minimum atomic E-state index is -1.91. The molecule has 22 N–H and O–H groups in total. The highest BCUT2D eigenvalue weighted by atomic mass is 32.1. The van der Waals surface area contributed by atoms with Crippen LogP contribution in [-0.4, -0.2) is 179 Å². The Morgan fingerprint density at radius 2 is 0.892 bits per heavy atom. The van der Waals surface area contributed by atoms with Crippen LogP contribution in [0.3, 0.4) is 0 Å².